The van der Waals surface area contributed by atoms with Gasteiger partial charge in [0.15, 0.2) is 4.34 Å². The zero-order valence-electron chi connectivity index (χ0n) is 20.3. The van der Waals surface area contributed by atoms with Crippen LogP contribution in [0.25, 0.3) is 10.6 Å². The van der Waals surface area contributed by atoms with Gasteiger partial charge in [0.05, 0.1) is 19.3 Å². The van der Waals surface area contributed by atoms with Crippen LogP contribution in [0.1, 0.15) is 31.4 Å². The second-order valence-electron chi connectivity index (χ2n) is 8.13. The Morgan fingerprint density at radius 1 is 1.11 bits per heavy atom. The number of carbonyl (C=O) groups excluding carboxylic acids is 1. The third kappa shape index (κ3) is 5.35. The number of carbonyl (C=O) groups is 1. The highest BCUT2D eigenvalue weighted by atomic mass is 32.2. The minimum atomic E-state index is -0.624. The highest BCUT2D eigenvalue weighted by Crippen LogP contribution is 2.40. The normalized spacial score (nSPS) is 14.7. The fourth-order valence-corrected chi connectivity index (χ4v) is 5.78. The van der Waals surface area contributed by atoms with Gasteiger partial charge in [0, 0.05) is 22.6 Å². The average Bonchev–Trinajstić information content (AvgIpc) is 3.61. The molecule has 5 rings (SSSR count). The predicted octanol–water partition coefficient (Wildman–Crippen LogP) is 4.60. The lowest BCUT2D eigenvalue weighted by molar-refractivity contribution is -0.136. The van der Waals surface area contributed by atoms with E-state index < -0.39 is 12.0 Å². The quantitative estimate of drug-likeness (QED) is 0.175. The molecule has 0 amide bonds. The van der Waals surface area contributed by atoms with E-state index in [-0.39, 0.29) is 0 Å². The topological polar surface area (TPSA) is 117 Å². The summed E-state index contributed by atoms with van der Waals surface area (Å²) in [4.78, 5) is 13.2. The van der Waals surface area contributed by atoms with E-state index >= 15 is 0 Å². The number of unbranched alkanes of at least 4 members (excludes halogenated alkanes) is 1. The van der Waals surface area contributed by atoms with Gasteiger partial charge in [0.2, 0.25) is 5.95 Å². The van der Waals surface area contributed by atoms with Gasteiger partial charge in [-0.05, 0) is 22.9 Å². The number of fused-ring (bicyclic) bond motifs is 1. The molecule has 0 spiro atoms. The van der Waals surface area contributed by atoms with E-state index in [2.05, 4.69) is 38.0 Å². The van der Waals surface area contributed by atoms with E-state index in [0.29, 0.717) is 35.3 Å². The van der Waals surface area contributed by atoms with Crippen molar-refractivity contribution in [2.24, 2.45) is 0 Å². The summed E-state index contributed by atoms with van der Waals surface area (Å²) in [6.07, 6.45) is 1.93. The van der Waals surface area contributed by atoms with Crippen molar-refractivity contribution in [1.82, 2.24) is 30.4 Å². The van der Waals surface area contributed by atoms with Gasteiger partial charge in [-0.15, -0.1) is 10.2 Å². The number of anilines is 1. The number of methoxy groups -OCH3 is 1. The Bertz CT molecular complexity index is 1400. The lowest BCUT2D eigenvalue weighted by Gasteiger charge is -2.29. The van der Waals surface area contributed by atoms with Crippen LogP contribution in [0.15, 0.2) is 70.2 Å². The highest BCUT2D eigenvalue weighted by molar-refractivity contribution is 8.01. The molecule has 0 radical (unpaired) electrons. The SMILES string of the molecule is CCCCOc1ccccc1C1C(C(=O)OC)=C(CSc2nnc(-c3ccccc3)s2)Nc2nnnn21. The van der Waals surface area contributed by atoms with Crippen LogP contribution < -0.4 is 10.1 Å². The lowest BCUT2D eigenvalue weighted by Crippen LogP contribution is -2.31. The zero-order valence-corrected chi connectivity index (χ0v) is 22.0. The van der Waals surface area contributed by atoms with E-state index in [1.54, 1.807) is 4.68 Å². The first-order chi connectivity index (χ1) is 18.2. The summed E-state index contributed by atoms with van der Waals surface area (Å²) >= 11 is 2.97. The first-order valence-electron chi connectivity index (χ1n) is 11.8. The summed E-state index contributed by atoms with van der Waals surface area (Å²) in [5.41, 5.74) is 2.84. The molecule has 12 heteroatoms. The van der Waals surface area contributed by atoms with Crippen LogP contribution >= 0.6 is 23.1 Å². The minimum absolute atomic E-state index is 0.411. The van der Waals surface area contributed by atoms with E-state index in [4.69, 9.17) is 9.47 Å². The van der Waals surface area contributed by atoms with Crippen LogP contribution in [0.2, 0.25) is 0 Å². The Hall–Kier alpha value is -3.77. The van der Waals surface area contributed by atoms with Crippen LogP contribution in [-0.4, -0.2) is 55.8 Å². The van der Waals surface area contributed by atoms with E-state index in [0.717, 1.165) is 33.3 Å². The van der Waals surface area contributed by atoms with Crippen LogP contribution in [-0.2, 0) is 9.53 Å². The van der Waals surface area contributed by atoms with Gasteiger partial charge in [-0.1, -0.05) is 90.1 Å². The molecule has 2 aromatic heterocycles. The molecule has 0 saturated carbocycles. The highest BCUT2D eigenvalue weighted by Gasteiger charge is 2.37. The zero-order chi connectivity index (χ0) is 25.6. The Balaban J connectivity index is 1.49. The molecular weight excluding hydrogens is 510 g/mol. The third-order valence-corrected chi connectivity index (χ3v) is 7.87. The molecule has 3 heterocycles. The molecule has 0 fully saturated rings. The second-order valence-corrected chi connectivity index (χ2v) is 10.3. The van der Waals surface area contributed by atoms with Crippen LogP contribution in [0, 0.1) is 0 Å². The van der Waals surface area contributed by atoms with Gasteiger partial charge in [-0.25, -0.2) is 4.79 Å². The van der Waals surface area contributed by atoms with Crippen LogP contribution in [0.5, 0.6) is 5.75 Å². The number of nitrogens with zero attached hydrogens (tertiary/aromatic N) is 6. The minimum Gasteiger partial charge on any atom is -0.493 e. The van der Waals surface area contributed by atoms with Crippen molar-refractivity contribution in [3.05, 3.63) is 71.4 Å². The summed E-state index contributed by atoms with van der Waals surface area (Å²) in [6.45, 7) is 2.68. The summed E-state index contributed by atoms with van der Waals surface area (Å²) < 4.78 is 13.7. The van der Waals surface area contributed by atoms with Crippen molar-refractivity contribution in [3.63, 3.8) is 0 Å². The van der Waals surface area contributed by atoms with E-state index in [9.17, 15) is 4.79 Å². The number of rotatable bonds is 10. The summed E-state index contributed by atoms with van der Waals surface area (Å²) in [6, 6.07) is 16.9. The van der Waals surface area contributed by atoms with Gasteiger partial charge >= 0.3 is 5.97 Å². The first-order valence-corrected chi connectivity index (χ1v) is 13.6. The lowest BCUT2D eigenvalue weighted by atomic mass is 9.95. The van der Waals surface area contributed by atoms with Crippen LogP contribution in [0.4, 0.5) is 5.95 Å². The number of tetrazole rings is 1. The maximum atomic E-state index is 13.2. The molecule has 2 aromatic carbocycles. The number of benzene rings is 2. The third-order valence-electron chi connectivity index (χ3n) is 5.74. The van der Waals surface area contributed by atoms with E-state index in [1.807, 2.05) is 54.6 Å². The van der Waals surface area contributed by atoms with Gasteiger partial charge < -0.3 is 14.8 Å². The molecule has 4 aromatic rings. The molecule has 0 saturated heterocycles. The Labute approximate surface area is 222 Å². The molecule has 1 atom stereocenters. The number of hydrogen-bond acceptors (Lipinski definition) is 11. The van der Waals surface area contributed by atoms with Crippen molar-refractivity contribution in [1.29, 1.82) is 0 Å². The first kappa shape index (κ1) is 24.9. The molecule has 1 N–H and O–H groups in total. The Morgan fingerprint density at radius 2 is 1.92 bits per heavy atom. The molecule has 0 aliphatic carbocycles. The number of para-hydroxylation sites is 1. The molecule has 1 unspecified atom stereocenters. The predicted molar refractivity (Wildman–Crippen MR) is 142 cm³/mol. The molecule has 0 bridgehead atoms. The molecular formula is C25H25N7O3S2. The second kappa shape index (κ2) is 11.5. The molecule has 10 nitrogen and oxygen atoms in total. The van der Waals surface area contributed by atoms with Crippen molar-refractivity contribution >= 4 is 35.0 Å². The number of aromatic nitrogens is 6. The molecule has 1 aliphatic heterocycles. The van der Waals surface area contributed by atoms with Crippen molar-refractivity contribution in [2.45, 2.75) is 30.1 Å². The monoisotopic (exact) mass is 535 g/mol. The largest absolute Gasteiger partial charge is 0.493 e. The number of ether oxygens (including phenoxy) is 2. The molecule has 190 valence electrons. The summed E-state index contributed by atoms with van der Waals surface area (Å²) in [7, 11) is 1.37. The van der Waals surface area contributed by atoms with Crippen molar-refractivity contribution in [2.75, 3.05) is 24.8 Å². The van der Waals surface area contributed by atoms with Crippen molar-refractivity contribution in [3.8, 4) is 16.3 Å². The van der Waals surface area contributed by atoms with E-state index in [1.165, 1.54) is 30.2 Å². The van der Waals surface area contributed by atoms with Crippen molar-refractivity contribution < 1.29 is 14.3 Å². The van der Waals surface area contributed by atoms with Gasteiger partial charge in [-0.2, -0.15) is 4.68 Å². The smallest absolute Gasteiger partial charge is 0.338 e. The maximum absolute atomic E-state index is 13.2. The molecule has 1 aliphatic rings. The average molecular weight is 536 g/mol. The molecule has 37 heavy (non-hydrogen) atoms. The summed E-state index contributed by atoms with van der Waals surface area (Å²) in [5.74, 6) is 1.05. The number of esters is 1. The van der Waals surface area contributed by atoms with Crippen LogP contribution in [0.3, 0.4) is 0 Å². The fraction of sp³-hybridized carbons (Fsp3) is 0.280. The Kier molecular flexibility index (Phi) is 7.76. The number of nitrogens with one attached hydrogen (secondary N) is 1. The van der Waals surface area contributed by atoms with Gasteiger partial charge in [0.25, 0.3) is 0 Å². The standard InChI is InChI=1S/C25H25N7O3S2/c1-3-4-14-35-19-13-9-8-12-17(19)21-20(23(33)34-2)18(26-24-28-30-31-32(21)24)15-36-25-29-27-22(37-25)16-10-6-5-7-11-16/h5-13,21H,3-4,14-15H2,1-2H3,(H,26,28,31). The summed E-state index contributed by atoms with van der Waals surface area (Å²) in [5, 5.41) is 24.9. The Morgan fingerprint density at radius 3 is 2.73 bits per heavy atom. The maximum Gasteiger partial charge on any atom is 0.338 e. The number of hydrogen-bond donors (Lipinski definition) is 1. The number of thioether (sulfide) groups is 1. The van der Waals surface area contributed by atoms with Gasteiger partial charge in [-0.3, -0.25) is 0 Å². The fourth-order valence-electron chi connectivity index (χ4n) is 3.95. The van der Waals surface area contributed by atoms with Gasteiger partial charge in [0.1, 0.15) is 16.8 Å².